The van der Waals surface area contributed by atoms with Crippen LogP contribution in [0.25, 0.3) is 0 Å². The first-order valence-corrected chi connectivity index (χ1v) is 5.89. The van der Waals surface area contributed by atoms with Crippen molar-refractivity contribution in [3.8, 4) is 0 Å². The maximum atomic E-state index is 11.6. The Morgan fingerprint density at radius 2 is 2.33 bits per heavy atom. The largest absolute Gasteiger partial charge is 0.373 e. The summed E-state index contributed by atoms with van der Waals surface area (Å²) in [6.45, 7) is 0.903. The van der Waals surface area contributed by atoms with Crippen molar-refractivity contribution in [2.24, 2.45) is 0 Å². The number of amides is 1. The molecule has 0 spiro atoms. The van der Waals surface area contributed by atoms with Gasteiger partial charge in [-0.1, -0.05) is 0 Å². The predicted octanol–water partition coefficient (Wildman–Crippen LogP) is 0.422. The molecule has 4 nitrogen and oxygen atoms in total. The predicted molar refractivity (Wildman–Crippen MR) is 57.6 cm³/mol. The van der Waals surface area contributed by atoms with Crippen LogP contribution in [0.3, 0.4) is 0 Å². The van der Waals surface area contributed by atoms with Crippen LogP contribution in [0, 0.1) is 0 Å². The first-order valence-electron chi connectivity index (χ1n) is 5.89. The van der Waals surface area contributed by atoms with E-state index >= 15 is 0 Å². The highest BCUT2D eigenvalue weighted by Crippen LogP contribution is 2.34. The molecule has 0 aromatic carbocycles. The summed E-state index contributed by atoms with van der Waals surface area (Å²) in [5.41, 5.74) is 0. The minimum Gasteiger partial charge on any atom is -0.373 e. The Hall–Kier alpha value is -0.610. The van der Waals surface area contributed by atoms with Crippen LogP contribution in [0.2, 0.25) is 0 Å². The Bertz CT molecular complexity index is 233. The van der Waals surface area contributed by atoms with Gasteiger partial charge in [-0.2, -0.15) is 0 Å². The summed E-state index contributed by atoms with van der Waals surface area (Å²) < 4.78 is 5.68. The van der Waals surface area contributed by atoms with Crippen molar-refractivity contribution in [1.82, 2.24) is 10.6 Å². The molecular weight excluding hydrogens is 192 g/mol. The maximum absolute atomic E-state index is 11.6. The normalized spacial score (nSPS) is 33.3. The van der Waals surface area contributed by atoms with Crippen molar-refractivity contribution < 1.29 is 9.53 Å². The van der Waals surface area contributed by atoms with Crippen LogP contribution in [0.15, 0.2) is 0 Å². The van der Waals surface area contributed by atoms with E-state index < -0.39 is 0 Å². The molecule has 0 aromatic rings. The van der Waals surface area contributed by atoms with Crippen molar-refractivity contribution in [3.63, 3.8) is 0 Å². The average molecular weight is 212 g/mol. The third-order valence-electron chi connectivity index (χ3n) is 3.28. The number of hydrogen-bond acceptors (Lipinski definition) is 3. The zero-order chi connectivity index (χ0) is 10.7. The lowest BCUT2D eigenvalue weighted by Gasteiger charge is -2.19. The van der Waals surface area contributed by atoms with Gasteiger partial charge in [0.15, 0.2) is 0 Å². The molecule has 3 unspecified atom stereocenters. The molecular formula is C11H20N2O2. The van der Waals surface area contributed by atoms with Gasteiger partial charge in [-0.05, 0) is 39.3 Å². The summed E-state index contributed by atoms with van der Waals surface area (Å²) in [5.74, 6) is 0.173. The number of carbonyl (C=O) groups excluding carboxylic acids is 1. The SMILES string of the molecule is CNCCCC(=O)NC1CC2CCC1O2. The molecule has 2 aliphatic heterocycles. The van der Waals surface area contributed by atoms with Gasteiger partial charge in [-0.3, -0.25) is 4.79 Å². The maximum Gasteiger partial charge on any atom is 0.220 e. The summed E-state index contributed by atoms with van der Waals surface area (Å²) in [5, 5.41) is 6.12. The fourth-order valence-corrected chi connectivity index (χ4v) is 2.49. The summed E-state index contributed by atoms with van der Waals surface area (Å²) in [6, 6.07) is 0.283. The van der Waals surface area contributed by atoms with Crippen molar-refractivity contribution >= 4 is 5.91 Å². The molecule has 0 saturated carbocycles. The molecule has 2 rings (SSSR count). The van der Waals surface area contributed by atoms with Crippen molar-refractivity contribution in [1.29, 1.82) is 0 Å². The van der Waals surface area contributed by atoms with Crippen LogP contribution < -0.4 is 10.6 Å². The second-order valence-corrected chi connectivity index (χ2v) is 4.49. The molecule has 0 aromatic heterocycles. The van der Waals surface area contributed by atoms with Gasteiger partial charge < -0.3 is 15.4 Å². The van der Waals surface area contributed by atoms with E-state index in [1.54, 1.807) is 0 Å². The molecule has 86 valence electrons. The van der Waals surface area contributed by atoms with Crippen LogP contribution in [0.5, 0.6) is 0 Å². The van der Waals surface area contributed by atoms with E-state index in [1.165, 1.54) is 6.42 Å². The lowest BCUT2D eigenvalue weighted by Crippen LogP contribution is -2.41. The standard InChI is InChI=1S/C11H20N2O2/c1-12-6-2-3-11(14)13-9-7-8-4-5-10(9)15-8/h8-10,12H,2-7H2,1H3,(H,13,14). The molecule has 0 radical (unpaired) electrons. The number of rotatable bonds is 5. The molecule has 2 fully saturated rings. The van der Waals surface area contributed by atoms with E-state index in [0.717, 1.165) is 25.8 Å². The quantitative estimate of drug-likeness (QED) is 0.649. The zero-order valence-corrected chi connectivity index (χ0v) is 9.29. The highest BCUT2D eigenvalue weighted by atomic mass is 16.5. The Kier molecular flexibility index (Phi) is 3.59. The summed E-state index contributed by atoms with van der Waals surface area (Å²) in [6.07, 6.45) is 5.55. The minimum absolute atomic E-state index is 0.173. The lowest BCUT2D eigenvalue weighted by atomic mass is 9.95. The number of ether oxygens (including phenoxy) is 1. The first kappa shape index (κ1) is 10.9. The number of hydrogen-bond donors (Lipinski definition) is 2. The Balaban J connectivity index is 1.66. The second kappa shape index (κ2) is 4.94. The van der Waals surface area contributed by atoms with Gasteiger partial charge in [-0.15, -0.1) is 0 Å². The third-order valence-corrected chi connectivity index (χ3v) is 3.28. The van der Waals surface area contributed by atoms with Crippen molar-refractivity contribution in [2.45, 2.75) is 50.4 Å². The number of fused-ring (bicyclic) bond motifs is 2. The molecule has 1 amide bonds. The van der Waals surface area contributed by atoms with E-state index in [4.69, 9.17) is 4.74 Å². The van der Waals surface area contributed by atoms with Crippen molar-refractivity contribution in [3.05, 3.63) is 0 Å². The lowest BCUT2D eigenvalue weighted by molar-refractivity contribution is -0.122. The Morgan fingerprint density at radius 3 is 2.93 bits per heavy atom. The molecule has 2 aliphatic rings. The topological polar surface area (TPSA) is 50.4 Å². The average Bonchev–Trinajstić information content (AvgIpc) is 2.79. The monoisotopic (exact) mass is 212 g/mol. The number of nitrogens with one attached hydrogen (secondary N) is 2. The fraction of sp³-hybridized carbons (Fsp3) is 0.909. The van der Waals surface area contributed by atoms with E-state index in [1.807, 2.05) is 7.05 Å². The molecule has 15 heavy (non-hydrogen) atoms. The highest BCUT2D eigenvalue weighted by molar-refractivity contribution is 5.76. The van der Waals surface area contributed by atoms with Gasteiger partial charge in [0.05, 0.1) is 18.2 Å². The Labute approximate surface area is 90.8 Å². The van der Waals surface area contributed by atoms with Gasteiger partial charge >= 0.3 is 0 Å². The van der Waals surface area contributed by atoms with Crippen LogP contribution in [0.1, 0.15) is 32.1 Å². The smallest absolute Gasteiger partial charge is 0.220 e. The van der Waals surface area contributed by atoms with Crippen molar-refractivity contribution in [2.75, 3.05) is 13.6 Å². The Morgan fingerprint density at radius 1 is 1.47 bits per heavy atom. The van der Waals surface area contributed by atoms with Crippen LogP contribution in [-0.4, -0.2) is 37.7 Å². The van der Waals surface area contributed by atoms with Gasteiger partial charge in [-0.25, -0.2) is 0 Å². The molecule has 2 heterocycles. The summed E-state index contributed by atoms with van der Waals surface area (Å²) in [7, 11) is 1.90. The van der Waals surface area contributed by atoms with E-state index in [0.29, 0.717) is 18.6 Å². The van der Waals surface area contributed by atoms with Crippen LogP contribution >= 0.6 is 0 Å². The second-order valence-electron chi connectivity index (χ2n) is 4.49. The van der Waals surface area contributed by atoms with E-state index in [-0.39, 0.29) is 11.9 Å². The van der Waals surface area contributed by atoms with E-state index in [2.05, 4.69) is 10.6 Å². The zero-order valence-electron chi connectivity index (χ0n) is 9.29. The number of carbonyl (C=O) groups is 1. The molecule has 2 bridgehead atoms. The van der Waals surface area contributed by atoms with E-state index in [9.17, 15) is 4.79 Å². The van der Waals surface area contributed by atoms with Gasteiger partial charge in [0.1, 0.15) is 0 Å². The molecule has 3 atom stereocenters. The third kappa shape index (κ3) is 2.69. The van der Waals surface area contributed by atoms with Crippen LogP contribution in [-0.2, 0) is 9.53 Å². The summed E-state index contributed by atoms with van der Waals surface area (Å²) in [4.78, 5) is 11.6. The molecule has 4 heteroatoms. The molecule has 2 saturated heterocycles. The summed E-state index contributed by atoms with van der Waals surface area (Å²) >= 11 is 0. The van der Waals surface area contributed by atoms with Gasteiger partial charge in [0.25, 0.3) is 0 Å². The molecule has 0 aliphatic carbocycles. The fourth-order valence-electron chi connectivity index (χ4n) is 2.49. The first-order chi connectivity index (χ1) is 7.29. The highest BCUT2D eigenvalue weighted by Gasteiger charge is 2.41. The minimum atomic E-state index is 0.173. The molecule has 2 N–H and O–H groups in total. The van der Waals surface area contributed by atoms with Gasteiger partial charge in [0.2, 0.25) is 5.91 Å². The van der Waals surface area contributed by atoms with Gasteiger partial charge in [0, 0.05) is 6.42 Å². The van der Waals surface area contributed by atoms with Crippen LogP contribution in [0.4, 0.5) is 0 Å².